The van der Waals surface area contributed by atoms with Crippen LogP contribution in [0.5, 0.6) is 11.5 Å². The fourth-order valence-corrected chi connectivity index (χ4v) is 1.81. The summed E-state index contributed by atoms with van der Waals surface area (Å²) in [6.45, 7) is 5.74. The van der Waals surface area contributed by atoms with Gasteiger partial charge in [-0.2, -0.15) is 5.26 Å². The maximum absolute atomic E-state index is 8.92. The van der Waals surface area contributed by atoms with Gasteiger partial charge in [0.2, 0.25) is 6.79 Å². The normalized spacial score (nSPS) is 13.4. The quantitative estimate of drug-likeness (QED) is 0.811. The van der Waals surface area contributed by atoms with Crippen LogP contribution in [-0.4, -0.2) is 13.3 Å². The maximum Gasteiger partial charge on any atom is 0.231 e. The molecule has 1 aliphatic heterocycles. The number of rotatable bonds is 5. The van der Waals surface area contributed by atoms with Gasteiger partial charge in [0.15, 0.2) is 11.5 Å². The van der Waals surface area contributed by atoms with Crippen LogP contribution in [0, 0.1) is 16.7 Å². The Morgan fingerprint density at radius 3 is 3.00 bits per heavy atom. The molecule has 2 rings (SSSR count). The molecule has 0 amide bonds. The zero-order chi connectivity index (χ0) is 13.0. The molecule has 0 spiro atoms. The number of para-hydroxylation sites is 1. The Bertz CT molecular complexity index is 463. The van der Waals surface area contributed by atoms with Crippen LogP contribution < -0.4 is 14.8 Å². The zero-order valence-corrected chi connectivity index (χ0v) is 10.8. The topological polar surface area (TPSA) is 54.3 Å². The molecule has 96 valence electrons. The van der Waals surface area contributed by atoms with Crippen molar-refractivity contribution in [2.75, 3.05) is 13.3 Å². The van der Waals surface area contributed by atoms with Gasteiger partial charge in [-0.1, -0.05) is 12.1 Å². The number of fused-ring (bicyclic) bond motifs is 1. The first-order valence-corrected chi connectivity index (χ1v) is 6.12. The summed E-state index contributed by atoms with van der Waals surface area (Å²) in [7, 11) is 0. The summed E-state index contributed by atoms with van der Waals surface area (Å²) in [5.74, 6) is 1.65. The molecule has 0 saturated carbocycles. The Balaban J connectivity index is 1.85. The van der Waals surface area contributed by atoms with Crippen molar-refractivity contribution in [2.24, 2.45) is 5.41 Å². The molecule has 4 heteroatoms. The molecule has 0 aliphatic carbocycles. The smallest absolute Gasteiger partial charge is 0.231 e. The third-order valence-corrected chi connectivity index (χ3v) is 3.02. The lowest BCUT2D eigenvalue weighted by atomic mass is 9.91. The van der Waals surface area contributed by atoms with Crippen molar-refractivity contribution < 1.29 is 9.47 Å². The highest BCUT2D eigenvalue weighted by atomic mass is 16.7. The predicted molar refractivity (Wildman–Crippen MR) is 68.3 cm³/mol. The zero-order valence-electron chi connectivity index (χ0n) is 10.8. The number of nitriles is 1. The molecular weight excluding hydrogens is 228 g/mol. The minimum Gasteiger partial charge on any atom is -0.454 e. The Kier molecular flexibility index (Phi) is 3.73. The van der Waals surface area contributed by atoms with Crippen LogP contribution in [0.4, 0.5) is 0 Å². The van der Waals surface area contributed by atoms with Gasteiger partial charge in [0.05, 0.1) is 11.5 Å². The first-order chi connectivity index (χ1) is 8.62. The van der Waals surface area contributed by atoms with E-state index in [1.165, 1.54) is 0 Å². The molecular formula is C14H18N2O2. The monoisotopic (exact) mass is 246 g/mol. The maximum atomic E-state index is 8.92. The van der Waals surface area contributed by atoms with Crippen molar-refractivity contribution in [3.63, 3.8) is 0 Å². The summed E-state index contributed by atoms with van der Waals surface area (Å²) in [6.07, 6.45) is 0.829. The summed E-state index contributed by atoms with van der Waals surface area (Å²) < 4.78 is 10.8. The van der Waals surface area contributed by atoms with Crippen LogP contribution in [0.3, 0.4) is 0 Å². The second kappa shape index (κ2) is 5.28. The van der Waals surface area contributed by atoms with Crippen LogP contribution >= 0.6 is 0 Å². The molecule has 0 fully saturated rings. The number of nitrogens with one attached hydrogen (secondary N) is 1. The molecule has 0 aromatic heterocycles. The molecule has 4 nitrogen and oxygen atoms in total. The average molecular weight is 246 g/mol. The average Bonchev–Trinajstić information content (AvgIpc) is 2.83. The van der Waals surface area contributed by atoms with Crippen LogP contribution in [0.2, 0.25) is 0 Å². The second-order valence-corrected chi connectivity index (χ2v) is 5.07. The predicted octanol–water partition coefficient (Wildman–Crippen LogP) is 2.44. The molecule has 1 aromatic rings. The van der Waals surface area contributed by atoms with E-state index in [2.05, 4.69) is 11.4 Å². The highest BCUT2D eigenvalue weighted by Crippen LogP contribution is 2.35. The molecule has 1 aliphatic rings. The summed E-state index contributed by atoms with van der Waals surface area (Å²) in [5.41, 5.74) is 0.824. The Labute approximate surface area is 108 Å². The van der Waals surface area contributed by atoms with Crippen molar-refractivity contribution in [1.29, 1.82) is 5.26 Å². The lowest BCUT2D eigenvalue weighted by molar-refractivity contribution is 0.173. The van der Waals surface area contributed by atoms with Gasteiger partial charge in [-0.3, -0.25) is 0 Å². The van der Waals surface area contributed by atoms with Crippen LogP contribution in [0.1, 0.15) is 25.8 Å². The molecule has 0 unspecified atom stereocenters. The van der Waals surface area contributed by atoms with E-state index in [4.69, 9.17) is 14.7 Å². The molecule has 0 saturated heterocycles. The van der Waals surface area contributed by atoms with Crippen LogP contribution in [0.25, 0.3) is 0 Å². The highest BCUT2D eigenvalue weighted by molar-refractivity contribution is 5.48. The van der Waals surface area contributed by atoms with Gasteiger partial charge >= 0.3 is 0 Å². The van der Waals surface area contributed by atoms with Gasteiger partial charge in [-0.25, -0.2) is 0 Å². The molecule has 0 bridgehead atoms. The van der Waals surface area contributed by atoms with E-state index >= 15 is 0 Å². The lowest BCUT2D eigenvalue weighted by Gasteiger charge is -2.15. The number of nitrogens with zero attached hydrogens (tertiary/aromatic N) is 1. The van der Waals surface area contributed by atoms with E-state index in [1.54, 1.807) is 0 Å². The summed E-state index contributed by atoms with van der Waals surface area (Å²) in [6, 6.07) is 8.19. The second-order valence-electron chi connectivity index (χ2n) is 5.07. The Morgan fingerprint density at radius 2 is 2.22 bits per heavy atom. The Morgan fingerprint density at radius 1 is 1.39 bits per heavy atom. The summed E-state index contributed by atoms with van der Waals surface area (Å²) >= 11 is 0. The van der Waals surface area contributed by atoms with E-state index in [1.807, 2.05) is 32.0 Å². The van der Waals surface area contributed by atoms with Crippen molar-refractivity contribution in [2.45, 2.75) is 26.8 Å². The fourth-order valence-electron chi connectivity index (χ4n) is 1.81. The SMILES string of the molecule is CC(C)(C#N)CCNCc1cccc2c1OCO2. The first-order valence-electron chi connectivity index (χ1n) is 6.12. The van der Waals surface area contributed by atoms with Crippen molar-refractivity contribution in [1.82, 2.24) is 5.32 Å². The number of ether oxygens (including phenoxy) is 2. The lowest BCUT2D eigenvalue weighted by Crippen LogP contribution is -2.21. The van der Waals surface area contributed by atoms with Crippen LogP contribution in [0.15, 0.2) is 18.2 Å². The molecule has 0 radical (unpaired) electrons. The molecule has 18 heavy (non-hydrogen) atoms. The molecule has 1 aromatic carbocycles. The van der Waals surface area contributed by atoms with Gasteiger partial charge in [-0.05, 0) is 32.9 Å². The molecule has 1 N–H and O–H groups in total. The number of benzene rings is 1. The Hall–Kier alpha value is -1.73. The van der Waals surface area contributed by atoms with E-state index < -0.39 is 0 Å². The van der Waals surface area contributed by atoms with Gasteiger partial charge in [0, 0.05) is 12.1 Å². The third kappa shape index (κ3) is 2.93. The van der Waals surface area contributed by atoms with E-state index in [-0.39, 0.29) is 5.41 Å². The molecule has 1 heterocycles. The number of hydrogen-bond donors (Lipinski definition) is 1. The van der Waals surface area contributed by atoms with E-state index in [0.29, 0.717) is 6.79 Å². The van der Waals surface area contributed by atoms with Crippen molar-refractivity contribution >= 4 is 0 Å². The van der Waals surface area contributed by atoms with Gasteiger partial charge in [-0.15, -0.1) is 0 Å². The fraction of sp³-hybridized carbons (Fsp3) is 0.500. The van der Waals surface area contributed by atoms with Gasteiger partial charge in [0.1, 0.15) is 0 Å². The minimum atomic E-state index is -0.273. The van der Waals surface area contributed by atoms with E-state index in [9.17, 15) is 0 Å². The molecule has 0 atom stereocenters. The van der Waals surface area contributed by atoms with Gasteiger partial charge in [0.25, 0.3) is 0 Å². The summed E-state index contributed by atoms with van der Waals surface area (Å²) in [4.78, 5) is 0. The third-order valence-electron chi connectivity index (χ3n) is 3.02. The number of hydrogen-bond acceptors (Lipinski definition) is 4. The standard InChI is InChI=1S/C14H18N2O2/c1-14(2,9-15)6-7-16-8-11-4-3-5-12-13(11)18-10-17-12/h3-5,16H,6-8,10H2,1-2H3. The van der Waals surface area contributed by atoms with Crippen molar-refractivity contribution in [3.8, 4) is 17.6 Å². The minimum absolute atomic E-state index is 0.273. The van der Waals surface area contributed by atoms with Gasteiger partial charge < -0.3 is 14.8 Å². The van der Waals surface area contributed by atoms with Crippen LogP contribution in [-0.2, 0) is 6.54 Å². The summed E-state index contributed by atoms with van der Waals surface area (Å²) in [5, 5.41) is 12.3. The van der Waals surface area contributed by atoms with E-state index in [0.717, 1.165) is 36.6 Å². The largest absolute Gasteiger partial charge is 0.454 e. The van der Waals surface area contributed by atoms with Crippen molar-refractivity contribution in [3.05, 3.63) is 23.8 Å². The highest BCUT2D eigenvalue weighted by Gasteiger charge is 2.18. The first kappa shape index (κ1) is 12.7.